The number of anilines is 1. The second-order valence-corrected chi connectivity index (χ2v) is 12.5. The first-order chi connectivity index (χ1) is 20.0. The molecule has 0 aromatic heterocycles. The molecular formula is C29H30Cl2N4O6S. The van der Waals surface area contributed by atoms with Crippen molar-refractivity contribution in [3.05, 3.63) is 76.3 Å². The van der Waals surface area contributed by atoms with Gasteiger partial charge in [-0.1, -0.05) is 53.5 Å². The van der Waals surface area contributed by atoms with Crippen LogP contribution in [0.5, 0.6) is 5.75 Å². The third-order valence-corrected chi connectivity index (χ3v) is 8.97. The van der Waals surface area contributed by atoms with Crippen LogP contribution < -0.4 is 20.1 Å². The average molecular weight is 634 g/mol. The van der Waals surface area contributed by atoms with Gasteiger partial charge in [-0.15, -0.1) is 0 Å². The van der Waals surface area contributed by atoms with Gasteiger partial charge in [-0.25, -0.2) is 13.6 Å². The molecule has 5 rings (SSSR count). The van der Waals surface area contributed by atoms with Gasteiger partial charge in [0.15, 0.2) is 6.61 Å². The quantitative estimate of drug-likeness (QED) is 0.388. The van der Waals surface area contributed by atoms with E-state index in [9.17, 15) is 18.0 Å². The van der Waals surface area contributed by atoms with Gasteiger partial charge in [0, 0.05) is 25.7 Å². The Balaban J connectivity index is 1.43. The Bertz CT molecular complexity index is 1600. The molecule has 2 unspecified atom stereocenters. The molecule has 222 valence electrons. The third-order valence-electron chi connectivity index (χ3n) is 7.31. The first-order valence-corrected chi connectivity index (χ1v) is 15.6. The maximum Gasteiger partial charge on any atom is 0.265 e. The summed E-state index contributed by atoms with van der Waals surface area (Å²) in [4.78, 5) is 30.3. The number of hydrogen-bond donors (Lipinski definition) is 2. The van der Waals surface area contributed by atoms with E-state index in [1.54, 1.807) is 19.1 Å². The van der Waals surface area contributed by atoms with Crippen molar-refractivity contribution in [3.63, 3.8) is 0 Å². The zero-order chi connectivity index (χ0) is 30.0. The lowest BCUT2D eigenvalue weighted by Crippen LogP contribution is -2.53. The topological polar surface area (TPSA) is 131 Å². The van der Waals surface area contributed by atoms with Crippen molar-refractivity contribution in [2.75, 3.05) is 44.4 Å². The molecule has 2 amide bonds. The Labute approximate surface area is 254 Å². The summed E-state index contributed by atoms with van der Waals surface area (Å²) in [6, 6.07) is 15.7. The molecule has 0 spiro atoms. The molecule has 2 atom stereocenters. The maximum atomic E-state index is 13.7. The van der Waals surface area contributed by atoms with Crippen LogP contribution in [-0.4, -0.2) is 70.6 Å². The number of nitrogens with zero attached hydrogens (tertiary/aromatic N) is 2. The molecule has 2 aliphatic rings. The van der Waals surface area contributed by atoms with Crippen LogP contribution in [-0.2, 0) is 24.3 Å². The SMILES string of the molecule is CC(C(=O)NC(CN1CCOCC1)c1cccc(-c2ccc(S(N)(=O)=O)cc2)c1)N1C(=O)COc2cc(Cl)c(Cl)cc21. The number of benzene rings is 3. The van der Waals surface area contributed by atoms with E-state index in [0.717, 1.165) is 16.7 Å². The molecule has 1 saturated heterocycles. The van der Waals surface area contributed by atoms with E-state index in [-0.39, 0.29) is 33.4 Å². The molecule has 0 aliphatic carbocycles. The van der Waals surface area contributed by atoms with Crippen molar-refractivity contribution in [2.24, 2.45) is 5.14 Å². The molecule has 3 aromatic carbocycles. The number of nitrogens with one attached hydrogen (secondary N) is 1. The fraction of sp³-hybridized carbons (Fsp3) is 0.310. The van der Waals surface area contributed by atoms with Crippen LogP contribution in [0.1, 0.15) is 18.5 Å². The predicted molar refractivity (Wildman–Crippen MR) is 160 cm³/mol. The Morgan fingerprint density at radius 2 is 1.71 bits per heavy atom. The van der Waals surface area contributed by atoms with Gasteiger partial charge >= 0.3 is 0 Å². The van der Waals surface area contributed by atoms with E-state index in [1.165, 1.54) is 29.2 Å². The summed E-state index contributed by atoms with van der Waals surface area (Å²) >= 11 is 12.4. The number of sulfonamides is 1. The van der Waals surface area contributed by atoms with E-state index in [0.29, 0.717) is 44.3 Å². The number of morpholine rings is 1. The van der Waals surface area contributed by atoms with Gasteiger partial charge in [-0.2, -0.15) is 0 Å². The number of hydrogen-bond acceptors (Lipinski definition) is 7. The number of primary sulfonamides is 1. The molecule has 2 aliphatic heterocycles. The zero-order valence-corrected chi connectivity index (χ0v) is 25.1. The second kappa shape index (κ2) is 12.6. The van der Waals surface area contributed by atoms with Crippen molar-refractivity contribution in [3.8, 4) is 16.9 Å². The van der Waals surface area contributed by atoms with E-state index in [4.69, 9.17) is 37.8 Å². The fourth-order valence-corrected chi connectivity index (χ4v) is 5.87. The molecule has 2 heterocycles. The van der Waals surface area contributed by atoms with Gasteiger partial charge in [0.05, 0.1) is 39.9 Å². The van der Waals surface area contributed by atoms with Crippen molar-refractivity contribution in [1.82, 2.24) is 10.2 Å². The number of carbonyl (C=O) groups excluding carboxylic acids is 2. The van der Waals surface area contributed by atoms with Crippen LogP contribution in [0.4, 0.5) is 5.69 Å². The summed E-state index contributed by atoms with van der Waals surface area (Å²) < 4.78 is 34.4. The number of rotatable bonds is 8. The van der Waals surface area contributed by atoms with Crippen LogP contribution in [0.25, 0.3) is 11.1 Å². The Morgan fingerprint density at radius 1 is 1.02 bits per heavy atom. The minimum absolute atomic E-state index is 0.0247. The summed E-state index contributed by atoms with van der Waals surface area (Å²) in [5.74, 6) is -0.365. The van der Waals surface area contributed by atoms with Crippen molar-refractivity contribution >= 4 is 50.7 Å². The third kappa shape index (κ3) is 6.72. The lowest BCUT2D eigenvalue weighted by Gasteiger charge is -2.35. The standard InChI is InChI=1S/C29H30Cl2N4O6S/c1-18(35-26-14-23(30)24(31)15-27(26)41-17-28(35)36)29(37)33-25(16-34-9-11-40-12-10-34)21-4-2-3-20(13-21)19-5-7-22(8-6-19)42(32,38)39/h2-8,13-15,18,25H,9-12,16-17H2,1H3,(H,33,37)(H2,32,38,39). The number of ether oxygens (including phenoxy) is 2. The Hall–Kier alpha value is -3.19. The lowest BCUT2D eigenvalue weighted by atomic mass is 9.98. The molecule has 0 bridgehead atoms. The number of carbonyl (C=O) groups is 2. The van der Waals surface area contributed by atoms with Crippen LogP contribution in [0.3, 0.4) is 0 Å². The highest BCUT2D eigenvalue weighted by molar-refractivity contribution is 7.89. The van der Waals surface area contributed by atoms with Crippen molar-refractivity contribution in [1.29, 1.82) is 0 Å². The van der Waals surface area contributed by atoms with Crippen LogP contribution in [0.2, 0.25) is 10.0 Å². The summed E-state index contributed by atoms with van der Waals surface area (Å²) in [5.41, 5.74) is 2.85. The van der Waals surface area contributed by atoms with Crippen LogP contribution >= 0.6 is 23.2 Å². The van der Waals surface area contributed by atoms with E-state index in [2.05, 4.69) is 10.2 Å². The Morgan fingerprint density at radius 3 is 2.40 bits per heavy atom. The average Bonchev–Trinajstić information content (AvgIpc) is 2.97. The molecule has 10 nitrogen and oxygen atoms in total. The van der Waals surface area contributed by atoms with Gasteiger partial charge in [-0.05, 0) is 47.9 Å². The summed E-state index contributed by atoms with van der Waals surface area (Å²) in [6.45, 7) is 4.55. The van der Waals surface area contributed by atoms with Gasteiger partial charge < -0.3 is 14.8 Å². The predicted octanol–water partition coefficient (Wildman–Crippen LogP) is 3.61. The number of amides is 2. The van der Waals surface area contributed by atoms with Crippen molar-refractivity contribution < 1.29 is 27.5 Å². The van der Waals surface area contributed by atoms with Crippen LogP contribution in [0.15, 0.2) is 65.6 Å². The minimum Gasteiger partial charge on any atom is -0.482 e. The van der Waals surface area contributed by atoms with Gasteiger partial charge in [0.2, 0.25) is 15.9 Å². The monoisotopic (exact) mass is 632 g/mol. The van der Waals surface area contributed by atoms with Gasteiger partial charge in [-0.3, -0.25) is 19.4 Å². The normalized spacial score (nSPS) is 17.2. The zero-order valence-electron chi connectivity index (χ0n) is 22.8. The molecule has 1 fully saturated rings. The molecule has 0 saturated carbocycles. The Kier molecular flexibility index (Phi) is 9.07. The minimum atomic E-state index is -3.81. The lowest BCUT2D eigenvalue weighted by molar-refractivity contribution is -0.128. The van der Waals surface area contributed by atoms with Gasteiger partial charge in [0.1, 0.15) is 11.8 Å². The largest absolute Gasteiger partial charge is 0.482 e. The molecule has 3 N–H and O–H groups in total. The number of fused-ring (bicyclic) bond motifs is 1. The maximum absolute atomic E-state index is 13.7. The molecule has 13 heteroatoms. The van der Waals surface area contributed by atoms with E-state index >= 15 is 0 Å². The van der Waals surface area contributed by atoms with Crippen molar-refractivity contribution in [2.45, 2.75) is 23.9 Å². The summed E-state index contributed by atoms with van der Waals surface area (Å²) in [7, 11) is -3.81. The fourth-order valence-electron chi connectivity index (χ4n) is 5.05. The highest BCUT2D eigenvalue weighted by Crippen LogP contribution is 2.39. The summed E-state index contributed by atoms with van der Waals surface area (Å²) in [6.07, 6.45) is 0. The number of halogens is 2. The highest BCUT2D eigenvalue weighted by Gasteiger charge is 2.35. The molecular weight excluding hydrogens is 603 g/mol. The first-order valence-electron chi connectivity index (χ1n) is 13.3. The highest BCUT2D eigenvalue weighted by atomic mass is 35.5. The van der Waals surface area contributed by atoms with E-state index < -0.39 is 22.1 Å². The number of nitrogens with two attached hydrogens (primary N) is 1. The van der Waals surface area contributed by atoms with E-state index in [1.807, 2.05) is 24.3 Å². The van der Waals surface area contributed by atoms with Gasteiger partial charge in [0.25, 0.3) is 5.91 Å². The molecule has 3 aromatic rings. The molecule has 0 radical (unpaired) electrons. The first kappa shape index (κ1) is 30.3. The second-order valence-electron chi connectivity index (χ2n) is 10.1. The summed E-state index contributed by atoms with van der Waals surface area (Å²) in [5, 5.41) is 8.92. The molecule has 42 heavy (non-hydrogen) atoms. The van der Waals surface area contributed by atoms with Crippen LogP contribution in [0, 0.1) is 0 Å². The smallest absolute Gasteiger partial charge is 0.265 e.